The van der Waals surface area contributed by atoms with Crippen molar-refractivity contribution in [3.05, 3.63) is 37.8 Å². The molecular formula is C8H3BrN2O4. The fraction of sp³-hybridized carbons (Fsp3) is 0. The Balaban J connectivity index is 3.66. The van der Waals surface area contributed by atoms with Crippen LogP contribution in [0.25, 0.3) is 0 Å². The number of hydrogen-bond acceptors (Lipinski definition) is 4. The van der Waals surface area contributed by atoms with E-state index in [9.17, 15) is 14.9 Å². The van der Waals surface area contributed by atoms with Crippen LogP contribution in [0.1, 0.15) is 15.9 Å². The molecule has 0 aliphatic rings. The van der Waals surface area contributed by atoms with E-state index in [4.69, 9.17) is 10.4 Å². The number of carboxylic acids is 1. The number of rotatable bonds is 2. The summed E-state index contributed by atoms with van der Waals surface area (Å²) >= 11 is 2.95. The highest BCUT2D eigenvalue weighted by molar-refractivity contribution is 9.10. The molecule has 0 saturated heterocycles. The zero-order chi connectivity index (χ0) is 11.6. The number of nitro benzene ring substituents is 1. The maximum Gasteiger partial charge on any atom is 0.344 e. The molecule has 0 aromatic heterocycles. The first-order valence-corrected chi connectivity index (χ1v) is 4.38. The van der Waals surface area contributed by atoms with Crippen LogP contribution >= 0.6 is 15.9 Å². The Hall–Kier alpha value is -1.94. The molecule has 0 atom stereocenters. The van der Waals surface area contributed by atoms with Crippen molar-refractivity contribution in [3.63, 3.8) is 0 Å². The smallest absolute Gasteiger partial charge is 0.344 e. The molecule has 0 unspecified atom stereocenters. The monoisotopic (exact) mass is 270 g/mol. The Kier molecular flexibility index (Phi) is 3.01. The summed E-state index contributed by atoms with van der Waals surface area (Å²) in [7, 11) is 0. The van der Waals surface area contributed by atoms with Crippen molar-refractivity contribution in [2.45, 2.75) is 0 Å². The van der Waals surface area contributed by atoms with E-state index in [1.54, 1.807) is 6.07 Å². The van der Waals surface area contributed by atoms with Gasteiger partial charge in [0.1, 0.15) is 6.07 Å². The Bertz CT molecular complexity index is 492. The van der Waals surface area contributed by atoms with Gasteiger partial charge in [0.2, 0.25) is 0 Å². The van der Waals surface area contributed by atoms with Gasteiger partial charge in [-0.3, -0.25) is 10.1 Å². The Morgan fingerprint density at radius 2 is 2.20 bits per heavy atom. The highest BCUT2D eigenvalue weighted by Gasteiger charge is 2.25. The normalized spacial score (nSPS) is 9.33. The van der Waals surface area contributed by atoms with Crippen molar-refractivity contribution < 1.29 is 14.8 Å². The third kappa shape index (κ3) is 1.94. The van der Waals surface area contributed by atoms with E-state index in [-0.39, 0.29) is 10.0 Å². The highest BCUT2D eigenvalue weighted by atomic mass is 79.9. The number of aromatic carboxylic acids is 1. The zero-order valence-electron chi connectivity index (χ0n) is 7.10. The van der Waals surface area contributed by atoms with Gasteiger partial charge in [-0.25, -0.2) is 4.79 Å². The molecule has 0 heterocycles. The molecule has 0 bridgehead atoms. The average molecular weight is 271 g/mol. The fourth-order valence-electron chi connectivity index (χ4n) is 1.04. The van der Waals surface area contributed by atoms with Gasteiger partial charge in [0.15, 0.2) is 5.56 Å². The molecule has 0 amide bonds. The quantitative estimate of drug-likeness (QED) is 0.653. The van der Waals surface area contributed by atoms with Crippen molar-refractivity contribution in [1.82, 2.24) is 0 Å². The molecule has 0 aliphatic heterocycles. The van der Waals surface area contributed by atoms with E-state index >= 15 is 0 Å². The third-order valence-corrected chi connectivity index (χ3v) is 2.32. The molecule has 1 aromatic carbocycles. The van der Waals surface area contributed by atoms with E-state index < -0.39 is 22.1 Å². The van der Waals surface area contributed by atoms with Gasteiger partial charge in [-0.15, -0.1) is 0 Å². The molecule has 1 rings (SSSR count). The van der Waals surface area contributed by atoms with Crippen LogP contribution in [0.2, 0.25) is 0 Å². The second-order valence-corrected chi connectivity index (χ2v) is 3.34. The third-order valence-electron chi connectivity index (χ3n) is 1.65. The van der Waals surface area contributed by atoms with Crippen molar-refractivity contribution in [3.8, 4) is 6.07 Å². The summed E-state index contributed by atoms with van der Waals surface area (Å²) in [4.78, 5) is 20.5. The largest absolute Gasteiger partial charge is 0.477 e. The molecule has 15 heavy (non-hydrogen) atoms. The average Bonchev–Trinajstić information content (AvgIpc) is 2.16. The van der Waals surface area contributed by atoms with Gasteiger partial charge >= 0.3 is 5.97 Å². The van der Waals surface area contributed by atoms with Gasteiger partial charge in [0, 0.05) is 10.5 Å². The summed E-state index contributed by atoms with van der Waals surface area (Å²) in [5.74, 6) is -1.50. The van der Waals surface area contributed by atoms with E-state index in [0.717, 1.165) is 6.07 Å². The lowest BCUT2D eigenvalue weighted by Crippen LogP contribution is -2.06. The van der Waals surface area contributed by atoms with Gasteiger partial charge in [-0.05, 0) is 22.0 Å². The van der Waals surface area contributed by atoms with E-state index in [0.29, 0.717) is 0 Å². The van der Waals surface area contributed by atoms with Gasteiger partial charge in [0.05, 0.1) is 10.5 Å². The standard InChI is InChI=1S/C8H3BrN2O4/c9-5-1-2-6(11(14)15)7(8(12)13)4(5)3-10/h1-2H,(H,12,13). The SMILES string of the molecule is N#Cc1c(Br)ccc([N+](=O)[O-])c1C(=O)O. The van der Waals surface area contributed by atoms with Crippen LogP contribution in [0, 0.1) is 21.4 Å². The molecule has 0 aliphatic carbocycles. The molecule has 6 nitrogen and oxygen atoms in total. The number of nitrogens with zero attached hydrogens (tertiary/aromatic N) is 2. The first-order chi connectivity index (χ1) is 6.99. The van der Waals surface area contributed by atoms with Crippen molar-refractivity contribution in [2.75, 3.05) is 0 Å². The van der Waals surface area contributed by atoms with Crippen molar-refractivity contribution >= 4 is 27.6 Å². The topological polar surface area (TPSA) is 104 Å². The molecule has 0 radical (unpaired) electrons. The molecular weight excluding hydrogens is 268 g/mol. The van der Waals surface area contributed by atoms with Crippen LogP contribution in [0.4, 0.5) is 5.69 Å². The van der Waals surface area contributed by atoms with Crippen molar-refractivity contribution in [2.24, 2.45) is 0 Å². The van der Waals surface area contributed by atoms with E-state index in [1.807, 2.05) is 0 Å². The summed E-state index contributed by atoms with van der Waals surface area (Å²) in [6.45, 7) is 0. The second kappa shape index (κ2) is 4.06. The van der Waals surface area contributed by atoms with Crippen molar-refractivity contribution in [1.29, 1.82) is 5.26 Å². The first kappa shape index (κ1) is 11.1. The summed E-state index contributed by atoms with van der Waals surface area (Å²) in [5.41, 5.74) is -1.45. The van der Waals surface area contributed by atoms with E-state index in [1.165, 1.54) is 6.07 Å². The number of benzene rings is 1. The van der Waals surface area contributed by atoms with Crippen LogP contribution in [0.3, 0.4) is 0 Å². The Morgan fingerprint density at radius 1 is 1.60 bits per heavy atom. The van der Waals surface area contributed by atoms with Gasteiger partial charge < -0.3 is 5.11 Å². The van der Waals surface area contributed by atoms with E-state index in [2.05, 4.69) is 15.9 Å². The van der Waals surface area contributed by atoms with Gasteiger partial charge in [0.25, 0.3) is 5.69 Å². The number of hydrogen-bond donors (Lipinski definition) is 1. The fourth-order valence-corrected chi connectivity index (χ4v) is 1.46. The highest BCUT2D eigenvalue weighted by Crippen LogP contribution is 2.28. The van der Waals surface area contributed by atoms with Crippen LogP contribution < -0.4 is 0 Å². The summed E-state index contributed by atoms with van der Waals surface area (Å²) in [6, 6.07) is 3.91. The number of carboxylic acid groups (broad SMARTS) is 1. The Morgan fingerprint density at radius 3 is 2.60 bits per heavy atom. The lowest BCUT2D eigenvalue weighted by atomic mass is 10.1. The second-order valence-electron chi connectivity index (χ2n) is 2.49. The summed E-state index contributed by atoms with van der Waals surface area (Å²) in [6.07, 6.45) is 0. The van der Waals surface area contributed by atoms with Crippen LogP contribution in [-0.4, -0.2) is 16.0 Å². The zero-order valence-corrected chi connectivity index (χ0v) is 8.69. The van der Waals surface area contributed by atoms with Gasteiger partial charge in [-0.2, -0.15) is 5.26 Å². The summed E-state index contributed by atoms with van der Waals surface area (Å²) in [5, 5.41) is 28.0. The summed E-state index contributed by atoms with van der Waals surface area (Å²) < 4.78 is 0.216. The number of nitriles is 1. The maximum absolute atomic E-state index is 10.8. The predicted molar refractivity (Wildman–Crippen MR) is 52.5 cm³/mol. The number of nitro groups is 1. The lowest BCUT2D eigenvalue weighted by molar-refractivity contribution is -0.385. The lowest BCUT2D eigenvalue weighted by Gasteiger charge is -2.01. The molecule has 1 aromatic rings. The van der Waals surface area contributed by atoms with Crippen LogP contribution in [-0.2, 0) is 0 Å². The first-order valence-electron chi connectivity index (χ1n) is 3.59. The number of halogens is 1. The number of carbonyl (C=O) groups is 1. The molecule has 1 N–H and O–H groups in total. The molecule has 0 saturated carbocycles. The minimum Gasteiger partial charge on any atom is -0.477 e. The maximum atomic E-state index is 10.8. The molecule has 0 spiro atoms. The van der Waals surface area contributed by atoms with Crippen LogP contribution in [0.5, 0.6) is 0 Å². The minimum absolute atomic E-state index is 0.216. The molecule has 76 valence electrons. The minimum atomic E-state index is -1.50. The van der Waals surface area contributed by atoms with Crippen LogP contribution in [0.15, 0.2) is 16.6 Å². The predicted octanol–water partition coefficient (Wildman–Crippen LogP) is 1.93. The Labute approximate surface area is 92.0 Å². The van der Waals surface area contributed by atoms with Gasteiger partial charge in [-0.1, -0.05) is 0 Å². The molecule has 7 heteroatoms. The molecule has 0 fully saturated rings.